The summed E-state index contributed by atoms with van der Waals surface area (Å²) in [6.45, 7) is 5.87. The van der Waals surface area contributed by atoms with Gasteiger partial charge in [-0.3, -0.25) is 9.88 Å². The number of fused-ring (bicyclic) bond motifs is 1. The SMILES string of the molecule is COc1ccccc1NC(=O)N1CCN(CCNC(=O)Nc2cc(C)nc3ccccc23)CC1. The summed E-state index contributed by atoms with van der Waals surface area (Å²) in [6, 6.07) is 16.6. The Morgan fingerprint density at radius 2 is 1.71 bits per heavy atom. The number of rotatable bonds is 6. The molecule has 2 heterocycles. The van der Waals surface area contributed by atoms with Crippen molar-refractivity contribution >= 4 is 34.3 Å². The van der Waals surface area contributed by atoms with Crippen LogP contribution in [0, 0.1) is 6.92 Å². The van der Waals surface area contributed by atoms with Gasteiger partial charge < -0.3 is 25.6 Å². The fraction of sp³-hybridized carbons (Fsp3) is 0.320. The third-order valence-electron chi connectivity index (χ3n) is 5.81. The maximum absolute atomic E-state index is 12.6. The molecule has 9 nitrogen and oxygen atoms in total. The van der Waals surface area contributed by atoms with Gasteiger partial charge >= 0.3 is 12.1 Å². The summed E-state index contributed by atoms with van der Waals surface area (Å²) in [7, 11) is 1.58. The normalized spacial score (nSPS) is 14.0. The van der Waals surface area contributed by atoms with E-state index in [4.69, 9.17) is 4.74 Å². The molecule has 4 rings (SSSR count). The Hall–Kier alpha value is -3.85. The van der Waals surface area contributed by atoms with Crippen molar-refractivity contribution in [2.45, 2.75) is 6.92 Å². The molecule has 2 aromatic carbocycles. The molecule has 3 N–H and O–H groups in total. The number of hydrogen-bond donors (Lipinski definition) is 3. The van der Waals surface area contributed by atoms with Crippen molar-refractivity contribution in [3.63, 3.8) is 0 Å². The quantitative estimate of drug-likeness (QED) is 0.521. The number of carbonyl (C=O) groups excluding carboxylic acids is 2. The van der Waals surface area contributed by atoms with Crippen LogP contribution in [0.1, 0.15) is 5.69 Å². The molecular weight excluding hydrogens is 432 g/mol. The summed E-state index contributed by atoms with van der Waals surface area (Å²) in [5.74, 6) is 0.633. The van der Waals surface area contributed by atoms with Crippen LogP contribution in [-0.4, -0.2) is 73.2 Å². The van der Waals surface area contributed by atoms with Crippen molar-refractivity contribution < 1.29 is 14.3 Å². The number of urea groups is 2. The van der Waals surface area contributed by atoms with Crippen LogP contribution >= 0.6 is 0 Å². The first-order chi connectivity index (χ1) is 16.5. The Labute approximate surface area is 199 Å². The summed E-state index contributed by atoms with van der Waals surface area (Å²) in [5, 5.41) is 9.69. The molecule has 0 atom stereocenters. The maximum Gasteiger partial charge on any atom is 0.322 e. The van der Waals surface area contributed by atoms with Crippen LogP contribution in [0.4, 0.5) is 21.0 Å². The van der Waals surface area contributed by atoms with Gasteiger partial charge in [0.15, 0.2) is 0 Å². The van der Waals surface area contributed by atoms with Gasteiger partial charge in [-0.2, -0.15) is 0 Å². The Bertz CT molecular complexity index is 1160. The van der Waals surface area contributed by atoms with Crippen LogP contribution in [0.5, 0.6) is 5.75 Å². The van der Waals surface area contributed by atoms with Crippen LogP contribution < -0.4 is 20.7 Å². The number of carbonyl (C=O) groups is 2. The van der Waals surface area contributed by atoms with Gasteiger partial charge in [0.1, 0.15) is 5.75 Å². The largest absolute Gasteiger partial charge is 0.495 e. The standard InChI is InChI=1S/C25H30N6O3/c1-18-17-22(19-7-3-4-8-20(19)27-18)28-24(32)26-11-12-30-13-15-31(16-14-30)25(33)29-21-9-5-6-10-23(21)34-2/h3-10,17H,11-16H2,1-2H3,(H,29,33)(H2,26,27,28,32). The molecule has 1 aliphatic heterocycles. The zero-order chi connectivity index (χ0) is 23.9. The van der Waals surface area contributed by atoms with Gasteiger partial charge in [0.05, 0.1) is 24.0 Å². The highest BCUT2D eigenvalue weighted by Crippen LogP contribution is 2.24. The van der Waals surface area contributed by atoms with Gasteiger partial charge in [-0.25, -0.2) is 9.59 Å². The minimum Gasteiger partial charge on any atom is -0.495 e. The van der Waals surface area contributed by atoms with E-state index in [0.717, 1.165) is 35.4 Å². The molecular formula is C25H30N6O3. The Kier molecular flexibility index (Phi) is 7.44. The second kappa shape index (κ2) is 10.8. The van der Waals surface area contributed by atoms with E-state index in [-0.39, 0.29) is 12.1 Å². The van der Waals surface area contributed by atoms with Crippen LogP contribution in [-0.2, 0) is 0 Å². The van der Waals surface area contributed by atoms with E-state index in [1.165, 1.54) is 0 Å². The lowest BCUT2D eigenvalue weighted by atomic mass is 10.1. The Morgan fingerprint density at radius 3 is 2.50 bits per heavy atom. The molecule has 0 saturated carbocycles. The van der Waals surface area contributed by atoms with Crippen molar-refractivity contribution in [1.29, 1.82) is 0 Å². The first-order valence-corrected chi connectivity index (χ1v) is 11.4. The summed E-state index contributed by atoms with van der Waals surface area (Å²) in [5.41, 5.74) is 3.10. The minimum absolute atomic E-state index is 0.137. The molecule has 4 amide bonds. The first-order valence-electron chi connectivity index (χ1n) is 11.4. The number of methoxy groups -OCH3 is 1. The summed E-state index contributed by atoms with van der Waals surface area (Å²) in [4.78, 5) is 33.6. The van der Waals surface area contributed by atoms with Crippen molar-refractivity contribution in [1.82, 2.24) is 20.1 Å². The molecule has 0 radical (unpaired) electrons. The van der Waals surface area contributed by atoms with E-state index < -0.39 is 0 Å². The number of aromatic nitrogens is 1. The molecule has 0 unspecified atom stereocenters. The van der Waals surface area contributed by atoms with Crippen LogP contribution in [0.3, 0.4) is 0 Å². The predicted molar refractivity (Wildman–Crippen MR) is 134 cm³/mol. The van der Waals surface area contributed by atoms with Crippen molar-refractivity contribution in [2.75, 3.05) is 57.0 Å². The summed E-state index contributed by atoms with van der Waals surface area (Å²) >= 11 is 0. The van der Waals surface area contributed by atoms with E-state index >= 15 is 0 Å². The molecule has 1 aliphatic rings. The van der Waals surface area contributed by atoms with Crippen LogP contribution in [0.2, 0.25) is 0 Å². The number of benzene rings is 2. The minimum atomic E-state index is -0.245. The molecule has 1 fully saturated rings. The highest BCUT2D eigenvalue weighted by Gasteiger charge is 2.21. The number of para-hydroxylation sites is 3. The molecule has 3 aromatic rings. The lowest BCUT2D eigenvalue weighted by Gasteiger charge is -2.34. The van der Waals surface area contributed by atoms with Crippen molar-refractivity contribution in [3.05, 3.63) is 60.3 Å². The fourth-order valence-corrected chi connectivity index (χ4v) is 4.02. The molecule has 1 saturated heterocycles. The third kappa shape index (κ3) is 5.74. The number of nitrogens with zero attached hydrogens (tertiary/aromatic N) is 3. The lowest BCUT2D eigenvalue weighted by Crippen LogP contribution is -2.51. The zero-order valence-corrected chi connectivity index (χ0v) is 19.5. The summed E-state index contributed by atoms with van der Waals surface area (Å²) in [6.07, 6.45) is 0. The Morgan fingerprint density at radius 1 is 0.971 bits per heavy atom. The topological polar surface area (TPSA) is 98.8 Å². The van der Waals surface area contributed by atoms with E-state index in [0.29, 0.717) is 37.6 Å². The molecule has 0 aliphatic carbocycles. The molecule has 1 aromatic heterocycles. The predicted octanol–water partition coefficient (Wildman–Crippen LogP) is 3.52. The van der Waals surface area contributed by atoms with E-state index in [9.17, 15) is 9.59 Å². The highest BCUT2D eigenvalue weighted by molar-refractivity contribution is 6.00. The molecule has 0 spiro atoms. The monoisotopic (exact) mass is 462 g/mol. The highest BCUT2D eigenvalue weighted by atomic mass is 16.5. The third-order valence-corrected chi connectivity index (χ3v) is 5.81. The Balaban J connectivity index is 1.20. The van der Waals surface area contributed by atoms with Gasteiger partial charge in [-0.15, -0.1) is 0 Å². The number of nitrogens with one attached hydrogen (secondary N) is 3. The van der Waals surface area contributed by atoms with Crippen LogP contribution in [0.15, 0.2) is 54.6 Å². The smallest absolute Gasteiger partial charge is 0.322 e. The van der Waals surface area contributed by atoms with E-state index in [1.54, 1.807) is 12.0 Å². The van der Waals surface area contributed by atoms with Gasteiger partial charge in [0.25, 0.3) is 0 Å². The number of pyridine rings is 1. The zero-order valence-electron chi connectivity index (χ0n) is 19.5. The molecule has 0 bridgehead atoms. The average molecular weight is 463 g/mol. The first kappa shape index (κ1) is 23.3. The van der Waals surface area contributed by atoms with Crippen LogP contribution in [0.25, 0.3) is 10.9 Å². The van der Waals surface area contributed by atoms with Gasteiger partial charge in [0, 0.05) is 50.3 Å². The molecule has 178 valence electrons. The number of aryl methyl sites for hydroxylation is 1. The number of hydrogen-bond acceptors (Lipinski definition) is 5. The second-order valence-corrected chi connectivity index (χ2v) is 8.17. The van der Waals surface area contributed by atoms with E-state index in [1.807, 2.05) is 61.5 Å². The van der Waals surface area contributed by atoms with Gasteiger partial charge in [-0.1, -0.05) is 30.3 Å². The number of anilines is 2. The average Bonchev–Trinajstić information content (AvgIpc) is 2.84. The fourth-order valence-electron chi connectivity index (χ4n) is 4.02. The van der Waals surface area contributed by atoms with E-state index in [2.05, 4.69) is 25.8 Å². The summed E-state index contributed by atoms with van der Waals surface area (Å²) < 4.78 is 5.29. The number of piperazine rings is 1. The van der Waals surface area contributed by atoms with Gasteiger partial charge in [0.2, 0.25) is 0 Å². The van der Waals surface area contributed by atoms with Crippen molar-refractivity contribution in [2.24, 2.45) is 0 Å². The number of amides is 4. The number of ether oxygens (including phenoxy) is 1. The van der Waals surface area contributed by atoms with Crippen molar-refractivity contribution in [3.8, 4) is 5.75 Å². The lowest BCUT2D eigenvalue weighted by molar-refractivity contribution is 0.148. The molecule has 34 heavy (non-hydrogen) atoms. The van der Waals surface area contributed by atoms with Gasteiger partial charge in [-0.05, 0) is 31.2 Å². The second-order valence-electron chi connectivity index (χ2n) is 8.17. The molecule has 9 heteroatoms. The maximum atomic E-state index is 12.6.